The third-order valence-electron chi connectivity index (χ3n) is 1.77. The van der Waals surface area contributed by atoms with Crippen LogP contribution in [0.1, 0.15) is 17.5 Å². The predicted molar refractivity (Wildman–Crippen MR) is 56.3 cm³/mol. The zero-order valence-corrected chi connectivity index (χ0v) is 8.00. The minimum absolute atomic E-state index is 0.0772. The monoisotopic (exact) mass is 188 g/mol. The van der Waals surface area contributed by atoms with Gasteiger partial charge in [-0.3, -0.25) is 4.79 Å². The highest BCUT2D eigenvalue weighted by Gasteiger charge is 1.93. The highest BCUT2D eigenvalue weighted by atomic mass is 16.1. The number of amides is 1. The van der Waals surface area contributed by atoms with Crippen LogP contribution in [0.4, 0.5) is 5.69 Å². The van der Waals surface area contributed by atoms with Gasteiger partial charge >= 0.3 is 0 Å². The molecule has 0 aromatic heterocycles. The molecule has 1 rings (SSSR count). The van der Waals surface area contributed by atoms with Gasteiger partial charge in [-0.15, -0.1) is 0 Å². The molecule has 3 heteroatoms. The molecule has 4 N–H and O–H groups in total. The van der Waals surface area contributed by atoms with Crippen molar-refractivity contribution >= 4 is 11.6 Å². The third-order valence-corrected chi connectivity index (χ3v) is 1.77. The normalized spacial score (nSPS) is 8.93. The number of nitrogen functional groups attached to an aromatic ring is 1. The largest absolute Gasteiger partial charge is 0.398 e. The average Bonchev–Trinajstić information content (AvgIpc) is 2.10. The van der Waals surface area contributed by atoms with Crippen LogP contribution < -0.4 is 11.5 Å². The molecule has 0 radical (unpaired) electrons. The van der Waals surface area contributed by atoms with Crippen molar-refractivity contribution in [2.24, 2.45) is 5.73 Å². The molecule has 1 aromatic carbocycles. The molecule has 0 aliphatic carbocycles. The highest BCUT2D eigenvalue weighted by Crippen LogP contribution is 2.11. The quantitative estimate of drug-likeness (QED) is 0.505. The molecule has 0 saturated carbocycles. The number of nitrogens with two attached hydrogens (primary N) is 2. The number of primary amides is 1. The molecule has 0 aliphatic rings. The standard InChI is InChI=1S/C11H12N2O/c1-8-5-6-9(7-10(8)12)3-2-4-11(13)14/h5-7H,4,12H2,1H3,(H2,13,14). The molecule has 0 atom stereocenters. The molecular formula is C11H12N2O. The lowest BCUT2D eigenvalue weighted by Gasteiger charge is -1.98. The Kier molecular flexibility index (Phi) is 3.14. The molecule has 0 unspecified atom stereocenters. The Morgan fingerprint density at radius 2 is 2.21 bits per heavy atom. The Bertz CT molecular complexity index is 413. The molecule has 1 aromatic rings. The summed E-state index contributed by atoms with van der Waals surface area (Å²) >= 11 is 0. The van der Waals surface area contributed by atoms with E-state index >= 15 is 0 Å². The van der Waals surface area contributed by atoms with Crippen LogP contribution in [0, 0.1) is 18.8 Å². The molecule has 0 heterocycles. The van der Waals surface area contributed by atoms with Gasteiger partial charge in [0.25, 0.3) is 0 Å². The fraction of sp³-hybridized carbons (Fsp3) is 0.182. The van der Waals surface area contributed by atoms with Crippen LogP contribution in [0.3, 0.4) is 0 Å². The van der Waals surface area contributed by atoms with Gasteiger partial charge in [0.05, 0.1) is 6.42 Å². The van der Waals surface area contributed by atoms with Gasteiger partial charge in [-0.2, -0.15) is 0 Å². The summed E-state index contributed by atoms with van der Waals surface area (Å²) in [5.74, 6) is 5.06. The van der Waals surface area contributed by atoms with E-state index in [1.165, 1.54) is 0 Å². The first-order valence-electron chi connectivity index (χ1n) is 4.23. The summed E-state index contributed by atoms with van der Waals surface area (Å²) < 4.78 is 0. The van der Waals surface area contributed by atoms with E-state index in [2.05, 4.69) is 11.8 Å². The maximum atomic E-state index is 10.4. The van der Waals surface area contributed by atoms with Crippen molar-refractivity contribution < 1.29 is 4.79 Å². The van der Waals surface area contributed by atoms with Gasteiger partial charge in [0.1, 0.15) is 0 Å². The van der Waals surface area contributed by atoms with Gasteiger partial charge in [-0.1, -0.05) is 17.9 Å². The van der Waals surface area contributed by atoms with E-state index in [4.69, 9.17) is 11.5 Å². The Balaban J connectivity index is 2.81. The molecular weight excluding hydrogens is 176 g/mol. The first kappa shape index (κ1) is 10.1. The first-order chi connectivity index (χ1) is 6.59. The summed E-state index contributed by atoms with van der Waals surface area (Å²) in [6, 6.07) is 5.53. The molecule has 1 amide bonds. The maximum Gasteiger partial charge on any atom is 0.229 e. The van der Waals surface area contributed by atoms with E-state index in [1.54, 1.807) is 6.07 Å². The Hall–Kier alpha value is -1.95. The predicted octanol–water partition coefficient (Wildman–Crippen LogP) is 0.804. The summed E-state index contributed by atoms with van der Waals surface area (Å²) in [6.45, 7) is 1.93. The second-order valence-corrected chi connectivity index (χ2v) is 3.02. The number of hydrogen-bond donors (Lipinski definition) is 2. The molecule has 3 nitrogen and oxygen atoms in total. The minimum atomic E-state index is -0.419. The zero-order valence-electron chi connectivity index (χ0n) is 8.00. The average molecular weight is 188 g/mol. The van der Waals surface area contributed by atoms with Crippen LogP contribution in [0.5, 0.6) is 0 Å². The maximum absolute atomic E-state index is 10.4. The lowest BCUT2D eigenvalue weighted by atomic mass is 10.1. The molecule has 0 fully saturated rings. The van der Waals surface area contributed by atoms with Gasteiger partial charge in [-0.05, 0) is 24.6 Å². The van der Waals surface area contributed by atoms with E-state index in [0.29, 0.717) is 5.69 Å². The van der Waals surface area contributed by atoms with E-state index in [-0.39, 0.29) is 6.42 Å². The van der Waals surface area contributed by atoms with Crippen LogP contribution in [0.15, 0.2) is 18.2 Å². The van der Waals surface area contributed by atoms with Crippen molar-refractivity contribution in [1.82, 2.24) is 0 Å². The van der Waals surface area contributed by atoms with Crippen molar-refractivity contribution in [3.05, 3.63) is 29.3 Å². The minimum Gasteiger partial charge on any atom is -0.398 e. The Labute approximate surface area is 83.1 Å². The highest BCUT2D eigenvalue weighted by molar-refractivity contribution is 5.76. The molecule has 0 aliphatic heterocycles. The van der Waals surface area contributed by atoms with Gasteiger partial charge in [0.15, 0.2) is 0 Å². The lowest BCUT2D eigenvalue weighted by molar-refractivity contribution is -0.117. The van der Waals surface area contributed by atoms with Crippen molar-refractivity contribution in [2.75, 3.05) is 5.73 Å². The van der Waals surface area contributed by atoms with Crippen LogP contribution in [-0.2, 0) is 4.79 Å². The van der Waals surface area contributed by atoms with E-state index in [0.717, 1.165) is 11.1 Å². The second-order valence-electron chi connectivity index (χ2n) is 3.02. The summed E-state index contributed by atoms with van der Waals surface area (Å²) in [5.41, 5.74) is 13.2. The summed E-state index contributed by atoms with van der Waals surface area (Å²) in [7, 11) is 0. The van der Waals surface area contributed by atoms with Crippen molar-refractivity contribution in [2.45, 2.75) is 13.3 Å². The number of rotatable bonds is 1. The van der Waals surface area contributed by atoms with Crippen molar-refractivity contribution in [3.8, 4) is 11.8 Å². The van der Waals surface area contributed by atoms with Crippen LogP contribution >= 0.6 is 0 Å². The van der Waals surface area contributed by atoms with Crippen LogP contribution in [0.25, 0.3) is 0 Å². The van der Waals surface area contributed by atoms with Crippen LogP contribution in [0.2, 0.25) is 0 Å². The first-order valence-corrected chi connectivity index (χ1v) is 4.23. The lowest BCUT2D eigenvalue weighted by Crippen LogP contribution is -2.08. The zero-order chi connectivity index (χ0) is 10.6. The number of anilines is 1. The molecule has 0 bridgehead atoms. The van der Waals surface area contributed by atoms with Gasteiger partial charge in [0, 0.05) is 11.3 Å². The molecule has 14 heavy (non-hydrogen) atoms. The summed E-state index contributed by atoms with van der Waals surface area (Å²) in [5, 5.41) is 0. The van der Waals surface area contributed by atoms with E-state index in [9.17, 15) is 4.79 Å². The Morgan fingerprint density at radius 3 is 2.79 bits per heavy atom. The summed E-state index contributed by atoms with van der Waals surface area (Å²) in [4.78, 5) is 10.4. The Morgan fingerprint density at radius 1 is 1.50 bits per heavy atom. The molecule has 0 spiro atoms. The fourth-order valence-electron chi connectivity index (χ4n) is 0.952. The third kappa shape index (κ3) is 2.83. The number of aryl methyl sites for hydroxylation is 1. The number of carbonyl (C=O) groups excluding carboxylic acids is 1. The molecule has 0 saturated heterocycles. The van der Waals surface area contributed by atoms with E-state index in [1.807, 2.05) is 19.1 Å². The fourth-order valence-corrected chi connectivity index (χ4v) is 0.952. The smallest absolute Gasteiger partial charge is 0.229 e. The van der Waals surface area contributed by atoms with E-state index < -0.39 is 5.91 Å². The second kappa shape index (κ2) is 4.33. The number of carbonyl (C=O) groups is 1. The van der Waals surface area contributed by atoms with Crippen molar-refractivity contribution in [3.63, 3.8) is 0 Å². The van der Waals surface area contributed by atoms with Gasteiger partial charge < -0.3 is 11.5 Å². The number of benzene rings is 1. The van der Waals surface area contributed by atoms with Gasteiger partial charge in [-0.25, -0.2) is 0 Å². The molecule has 72 valence electrons. The SMILES string of the molecule is Cc1ccc(C#CCC(N)=O)cc1N. The van der Waals surface area contributed by atoms with Gasteiger partial charge in [0.2, 0.25) is 5.91 Å². The topological polar surface area (TPSA) is 69.1 Å². The van der Waals surface area contributed by atoms with Crippen LogP contribution in [-0.4, -0.2) is 5.91 Å². The number of hydrogen-bond acceptors (Lipinski definition) is 2. The van der Waals surface area contributed by atoms with Crippen molar-refractivity contribution in [1.29, 1.82) is 0 Å². The summed E-state index contributed by atoms with van der Waals surface area (Å²) in [6.07, 6.45) is 0.0772.